The molecule has 0 bridgehead atoms. The second-order valence-corrected chi connectivity index (χ2v) is 8.61. The first-order valence-electron chi connectivity index (χ1n) is 10.3. The molecule has 0 aliphatic carbocycles. The third kappa shape index (κ3) is 4.80. The summed E-state index contributed by atoms with van der Waals surface area (Å²) in [7, 11) is 1.54. The highest BCUT2D eigenvalue weighted by molar-refractivity contribution is 7.14. The van der Waals surface area contributed by atoms with Crippen molar-refractivity contribution in [3.05, 3.63) is 56.7 Å². The number of ether oxygens (including phenoxy) is 2. The fraction of sp³-hybridized carbons (Fsp3) is 0.435. The second-order valence-electron chi connectivity index (χ2n) is 7.41. The van der Waals surface area contributed by atoms with Crippen LogP contribution >= 0.6 is 11.3 Å². The number of rotatable bonds is 10. The summed E-state index contributed by atoms with van der Waals surface area (Å²) in [5, 5.41) is 11.5. The Hall–Kier alpha value is -2.71. The Morgan fingerprint density at radius 3 is 2.71 bits per heavy atom. The number of Topliss-reactive ketones (excluding diaryl/α,β-unsaturated/α-hetero) is 1. The number of unbranched alkanes of at least 4 members (excludes halogenated alkanes) is 1. The van der Waals surface area contributed by atoms with Gasteiger partial charge in [0, 0.05) is 13.7 Å². The molecule has 1 aromatic heterocycles. The Morgan fingerprint density at radius 1 is 1.29 bits per heavy atom. The Kier molecular flexibility index (Phi) is 7.46. The zero-order chi connectivity index (χ0) is 22.5. The molecular formula is C23H28N2O5S. The number of thiazole rings is 1. The third-order valence-corrected chi connectivity index (χ3v) is 6.21. The van der Waals surface area contributed by atoms with E-state index >= 15 is 0 Å². The van der Waals surface area contributed by atoms with Crippen LogP contribution in [0.1, 0.15) is 51.7 Å². The van der Waals surface area contributed by atoms with Crippen LogP contribution in [0.4, 0.5) is 0 Å². The minimum absolute atomic E-state index is 0.0681. The van der Waals surface area contributed by atoms with Crippen LogP contribution in [0.3, 0.4) is 0 Å². The first kappa shape index (κ1) is 23.0. The Labute approximate surface area is 186 Å². The van der Waals surface area contributed by atoms with Gasteiger partial charge in [0.1, 0.15) is 5.75 Å². The van der Waals surface area contributed by atoms with Crippen molar-refractivity contribution in [2.24, 2.45) is 0 Å². The van der Waals surface area contributed by atoms with E-state index in [1.54, 1.807) is 14.0 Å². The molecule has 0 saturated carbocycles. The molecule has 1 unspecified atom stereocenters. The van der Waals surface area contributed by atoms with E-state index in [1.165, 1.54) is 16.2 Å². The van der Waals surface area contributed by atoms with Crippen LogP contribution in [0.2, 0.25) is 0 Å². The maximum Gasteiger partial charge on any atom is 0.290 e. The monoisotopic (exact) mass is 444 g/mol. The number of aryl methyl sites for hydroxylation is 2. The minimum atomic E-state index is -0.730. The molecular weight excluding hydrogens is 416 g/mol. The molecule has 7 nitrogen and oxygen atoms in total. The smallest absolute Gasteiger partial charge is 0.290 e. The molecule has 1 N–H and O–H groups in total. The average Bonchev–Trinajstić information content (AvgIpc) is 3.22. The van der Waals surface area contributed by atoms with Gasteiger partial charge in [-0.25, -0.2) is 4.98 Å². The van der Waals surface area contributed by atoms with E-state index in [9.17, 15) is 14.7 Å². The summed E-state index contributed by atoms with van der Waals surface area (Å²) in [6.07, 6.45) is 1.95. The van der Waals surface area contributed by atoms with E-state index in [0.29, 0.717) is 28.5 Å². The Bertz CT molecular complexity index is 998. The SMILES string of the molecule is CCCCOc1cccc(C2C(C(=O)c3sc(C)nc3C)=C(O)C(=O)N2CCOC)c1. The zero-order valence-electron chi connectivity index (χ0n) is 18.3. The Morgan fingerprint density at radius 2 is 2.06 bits per heavy atom. The lowest BCUT2D eigenvalue weighted by atomic mass is 9.95. The highest BCUT2D eigenvalue weighted by Gasteiger charge is 2.44. The molecule has 1 aliphatic rings. The van der Waals surface area contributed by atoms with E-state index in [4.69, 9.17) is 9.47 Å². The van der Waals surface area contributed by atoms with Gasteiger partial charge >= 0.3 is 0 Å². The molecule has 2 aromatic rings. The second kappa shape index (κ2) is 10.1. The van der Waals surface area contributed by atoms with E-state index < -0.39 is 17.7 Å². The predicted octanol–water partition coefficient (Wildman–Crippen LogP) is 4.16. The molecule has 1 amide bonds. The largest absolute Gasteiger partial charge is 0.503 e. The molecule has 1 aliphatic heterocycles. The molecule has 0 fully saturated rings. The summed E-state index contributed by atoms with van der Waals surface area (Å²) in [5.41, 5.74) is 1.36. The number of ketones is 1. The zero-order valence-corrected chi connectivity index (χ0v) is 19.1. The summed E-state index contributed by atoms with van der Waals surface area (Å²) >= 11 is 1.26. The fourth-order valence-electron chi connectivity index (χ4n) is 3.63. The number of aliphatic hydroxyl groups is 1. The van der Waals surface area contributed by atoms with Crippen molar-refractivity contribution in [1.82, 2.24) is 9.88 Å². The number of carbonyl (C=O) groups is 2. The maximum atomic E-state index is 13.4. The number of nitrogens with zero attached hydrogens (tertiary/aromatic N) is 2. The molecule has 0 radical (unpaired) electrons. The number of hydrogen-bond acceptors (Lipinski definition) is 7. The molecule has 2 heterocycles. The maximum absolute atomic E-state index is 13.4. The third-order valence-electron chi connectivity index (χ3n) is 5.13. The number of carbonyl (C=O) groups excluding carboxylic acids is 2. The van der Waals surface area contributed by atoms with Gasteiger partial charge in [0.15, 0.2) is 5.76 Å². The summed E-state index contributed by atoms with van der Waals surface area (Å²) in [4.78, 5) is 32.6. The van der Waals surface area contributed by atoms with E-state index in [2.05, 4.69) is 11.9 Å². The van der Waals surface area contributed by atoms with Crippen molar-refractivity contribution in [1.29, 1.82) is 0 Å². The summed E-state index contributed by atoms with van der Waals surface area (Å²) in [6.45, 7) is 6.77. The first-order chi connectivity index (χ1) is 14.9. The number of hydrogen-bond donors (Lipinski definition) is 1. The normalized spacial score (nSPS) is 16.3. The van der Waals surface area contributed by atoms with Gasteiger partial charge in [-0.15, -0.1) is 11.3 Å². The van der Waals surface area contributed by atoms with Crippen molar-refractivity contribution < 1.29 is 24.2 Å². The topological polar surface area (TPSA) is 89.0 Å². The van der Waals surface area contributed by atoms with Crippen molar-refractivity contribution in [3.63, 3.8) is 0 Å². The summed E-state index contributed by atoms with van der Waals surface area (Å²) in [6, 6.07) is 6.60. The van der Waals surface area contributed by atoms with Crippen LogP contribution in [0.15, 0.2) is 35.6 Å². The lowest BCUT2D eigenvalue weighted by Crippen LogP contribution is -2.34. The summed E-state index contributed by atoms with van der Waals surface area (Å²) in [5.74, 6) is -0.820. The van der Waals surface area contributed by atoms with E-state index in [1.807, 2.05) is 31.2 Å². The predicted molar refractivity (Wildman–Crippen MR) is 119 cm³/mol. The molecule has 3 rings (SSSR count). The van der Waals surface area contributed by atoms with Gasteiger partial charge in [0.05, 0.1) is 40.4 Å². The van der Waals surface area contributed by atoms with Gasteiger partial charge in [0.25, 0.3) is 5.91 Å². The number of methoxy groups -OCH3 is 1. The van der Waals surface area contributed by atoms with Crippen LogP contribution in [0.25, 0.3) is 0 Å². The highest BCUT2D eigenvalue weighted by atomic mass is 32.1. The van der Waals surface area contributed by atoms with Crippen molar-refractivity contribution >= 4 is 23.0 Å². The lowest BCUT2D eigenvalue weighted by molar-refractivity contribution is -0.130. The molecule has 0 saturated heterocycles. The molecule has 8 heteroatoms. The van der Waals surface area contributed by atoms with Crippen molar-refractivity contribution in [2.45, 2.75) is 39.7 Å². The van der Waals surface area contributed by atoms with Crippen molar-refractivity contribution in [3.8, 4) is 5.75 Å². The van der Waals surface area contributed by atoms with Crippen LogP contribution in [-0.4, -0.2) is 53.5 Å². The number of benzene rings is 1. The van der Waals surface area contributed by atoms with Gasteiger partial charge in [-0.2, -0.15) is 0 Å². The first-order valence-corrected chi connectivity index (χ1v) is 11.1. The van der Waals surface area contributed by atoms with Crippen LogP contribution in [0, 0.1) is 13.8 Å². The Balaban J connectivity index is 2.03. The number of aromatic nitrogens is 1. The van der Waals surface area contributed by atoms with Crippen molar-refractivity contribution in [2.75, 3.05) is 26.9 Å². The van der Waals surface area contributed by atoms with Crippen LogP contribution < -0.4 is 4.74 Å². The van der Waals surface area contributed by atoms with Gasteiger partial charge in [-0.05, 0) is 38.0 Å². The van der Waals surface area contributed by atoms with E-state index in [0.717, 1.165) is 17.8 Å². The van der Waals surface area contributed by atoms with Gasteiger partial charge in [-0.3, -0.25) is 9.59 Å². The number of aliphatic hydroxyl groups excluding tert-OH is 1. The van der Waals surface area contributed by atoms with Gasteiger partial charge in [0.2, 0.25) is 5.78 Å². The highest BCUT2D eigenvalue weighted by Crippen LogP contribution is 2.40. The standard InChI is InChI=1S/C23H28N2O5S/c1-5-6-11-30-17-9-7-8-16(13-17)19-18(20(26)22-14(2)24-15(3)31-22)21(27)23(28)25(19)10-12-29-4/h7-9,13,19,27H,5-6,10-12H2,1-4H3. The minimum Gasteiger partial charge on any atom is -0.503 e. The number of amides is 1. The molecule has 31 heavy (non-hydrogen) atoms. The van der Waals surface area contributed by atoms with Gasteiger partial charge < -0.3 is 19.5 Å². The summed E-state index contributed by atoms with van der Waals surface area (Å²) < 4.78 is 11.0. The average molecular weight is 445 g/mol. The fourth-order valence-corrected chi connectivity index (χ4v) is 4.50. The van der Waals surface area contributed by atoms with E-state index in [-0.39, 0.29) is 24.5 Å². The van der Waals surface area contributed by atoms with Gasteiger partial charge in [-0.1, -0.05) is 25.5 Å². The quantitative estimate of drug-likeness (QED) is 0.437. The van der Waals surface area contributed by atoms with Crippen LogP contribution in [-0.2, 0) is 9.53 Å². The van der Waals surface area contributed by atoms with Crippen LogP contribution in [0.5, 0.6) is 5.75 Å². The lowest BCUT2D eigenvalue weighted by Gasteiger charge is -2.26. The molecule has 1 aromatic carbocycles. The molecule has 166 valence electrons. The molecule has 1 atom stereocenters. The molecule has 0 spiro atoms.